The molecule has 3 aliphatic rings. The molecule has 0 saturated carbocycles. The average Bonchev–Trinajstić information content (AvgIpc) is 3.44. The normalized spacial score (nSPS) is 23.7. The smallest absolute Gasteiger partial charge is 0.417 e. The summed E-state index contributed by atoms with van der Waals surface area (Å²) in [6.45, 7) is 8.36. The van der Waals surface area contributed by atoms with E-state index in [2.05, 4.69) is 0 Å². The number of carbonyl (C=O) groups excluding carboxylic acids is 3. The quantitative estimate of drug-likeness (QED) is 0.329. The van der Waals surface area contributed by atoms with Gasteiger partial charge in [0.15, 0.2) is 0 Å². The summed E-state index contributed by atoms with van der Waals surface area (Å²) in [7, 11) is 0. The number of carbonyl (C=O) groups is 3. The van der Waals surface area contributed by atoms with Gasteiger partial charge in [0.2, 0.25) is 6.23 Å². The van der Waals surface area contributed by atoms with Crippen LogP contribution in [0.5, 0.6) is 0 Å². The van der Waals surface area contributed by atoms with Crippen LogP contribution in [-0.2, 0) is 31.7 Å². The molecule has 7 nitrogen and oxygen atoms in total. The Bertz CT molecular complexity index is 1470. The molecular formula is C30H29F3N2O5. The Balaban J connectivity index is 1.51. The van der Waals surface area contributed by atoms with Gasteiger partial charge < -0.3 is 9.47 Å². The lowest BCUT2D eigenvalue weighted by atomic mass is 9.97. The van der Waals surface area contributed by atoms with Gasteiger partial charge in [0.05, 0.1) is 23.4 Å². The summed E-state index contributed by atoms with van der Waals surface area (Å²) in [5.74, 6) is -1.49. The minimum atomic E-state index is -4.59. The first-order valence-electron chi connectivity index (χ1n) is 12.9. The fourth-order valence-corrected chi connectivity index (χ4v) is 5.46. The average molecular weight is 555 g/mol. The lowest BCUT2D eigenvalue weighted by Crippen LogP contribution is -2.39. The number of alkyl halides is 3. The van der Waals surface area contributed by atoms with Crippen molar-refractivity contribution in [1.29, 1.82) is 0 Å². The predicted molar refractivity (Wildman–Crippen MR) is 140 cm³/mol. The van der Waals surface area contributed by atoms with Crippen molar-refractivity contribution in [1.82, 2.24) is 4.90 Å². The van der Waals surface area contributed by atoms with Crippen LogP contribution in [0.2, 0.25) is 0 Å². The molecule has 1 fully saturated rings. The zero-order valence-electron chi connectivity index (χ0n) is 22.7. The zero-order valence-corrected chi connectivity index (χ0v) is 22.7. The number of amides is 3. The number of hydrogen-bond acceptors (Lipinski definition) is 5. The number of hydrogen-bond donors (Lipinski definition) is 0. The van der Waals surface area contributed by atoms with Gasteiger partial charge in [-0.15, -0.1) is 0 Å². The van der Waals surface area contributed by atoms with Crippen molar-refractivity contribution in [2.45, 2.75) is 65.1 Å². The third kappa shape index (κ3) is 4.65. The molecule has 10 heteroatoms. The molecule has 2 aliphatic heterocycles. The van der Waals surface area contributed by atoms with Crippen LogP contribution in [0.25, 0.3) is 0 Å². The summed E-state index contributed by atoms with van der Waals surface area (Å²) in [6.07, 6.45) is -4.72. The van der Waals surface area contributed by atoms with Crippen LogP contribution in [0.15, 0.2) is 71.5 Å². The highest BCUT2D eigenvalue weighted by atomic mass is 19.4. The minimum absolute atomic E-state index is 0.0127. The summed E-state index contributed by atoms with van der Waals surface area (Å²) in [5, 5.41) is 0. The van der Waals surface area contributed by atoms with Crippen LogP contribution in [0.4, 0.5) is 23.7 Å². The van der Waals surface area contributed by atoms with E-state index in [1.807, 2.05) is 24.3 Å². The number of benzene rings is 2. The predicted octanol–water partition coefficient (Wildman–Crippen LogP) is 6.31. The van der Waals surface area contributed by atoms with Gasteiger partial charge in [-0.05, 0) is 75.9 Å². The lowest BCUT2D eigenvalue weighted by Gasteiger charge is -2.27. The standard InChI is InChI=1S/C30H29F3N2O5/c1-16-17(2)27(34(25(16)36)20-11-8-10-19(14-20)30(31,32)33)39-15-23-22-13-18-9-6-7-12-21(18)24(22)35(26(23)37)28(38)40-29(3,4)5/h6-12,14-15,22,24,27H,13H2,1-5H3/b23-15+. The van der Waals surface area contributed by atoms with Crippen LogP contribution >= 0.6 is 0 Å². The second-order valence-corrected chi connectivity index (χ2v) is 11.2. The van der Waals surface area contributed by atoms with Crippen molar-refractivity contribution in [3.8, 4) is 0 Å². The van der Waals surface area contributed by atoms with Crippen LogP contribution in [-0.4, -0.2) is 34.6 Å². The number of imide groups is 1. The van der Waals surface area contributed by atoms with E-state index in [0.717, 1.165) is 33.1 Å². The molecule has 2 heterocycles. The number of likely N-dealkylation sites (tertiary alicyclic amines) is 1. The summed E-state index contributed by atoms with van der Waals surface area (Å²) in [4.78, 5) is 42.2. The van der Waals surface area contributed by atoms with Gasteiger partial charge in [-0.3, -0.25) is 14.5 Å². The minimum Gasteiger partial charge on any atom is -0.473 e. The van der Waals surface area contributed by atoms with E-state index >= 15 is 0 Å². The second-order valence-electron chi connectivity index (χ2n) is 11.2. The zero-order chi connectivity index (χ0) is 29.1. The summed E-state index contributed by atoms with van der Waals surface area (Å²) < 4.78 is 51.8. The number of halogens is 3. The molecule has 1 aliphatic carbocycles. The molecule has 0 aromatic heterocycles. The van der Waals surface area contributed by atoms with Crippen LogP contribution < -0.4 is 4.90 Å². The van der Waals surface area contributed by atoms with Crippen molar-refractivity contribution in [2.24, 2.45) is 5.92 Å². The summed E-state index contributed by atoms with van der Waals surface area (Å²) in [6, 6.07) is 11.4. The maximum atomic E-state index is 13.6. The molecule has 0 N–H and O–H groups in total. The van der Waals surface area contributed by atoms with E-state index in [-0.39, 0.29) is 11.3 Å². The monoisotopic (exact) mass is 554 g/mol. The molecule has 40 heavy (non-hydrogen) atoms. The third-order valence-corrected chi connectivity index (χ3v) is 7.44. The van der Waals surface area contributed by atoms with E-state index in [1.165, 1.54) is 18.4 Å². The molecule has 2 aromatic rings. The largest absolute Gasteiger partial charge is 0.473 e. The highest BCUT2D eigenvalue weighted by Crippen LogP contribution is 2.50. The molecule has 2 aromatic carbocycles. The van der Waals surface area contributed by atoms with Crippen molar-refractivity contribution in [3.05, 3.63) is 88.2 Å². The van der Waals surface area contributed by atoms with Gasteiger partial charge >= 0.3 is 12.3 Å². The molecule has 3 unspecified atom stereocenters. The topological polar surface area (TPSA) is 76.2 Å². The maximum Gasteiger partial charge on any atom is 0.417 e. The van der Waals surface area contributed by atoms with Crippen molar-refractivity contribution >= 4 is 23.6 Å². The van der Waals surface area contributed by atoms with Crippen LogP contribution in [0.3, 0.4) is 0 Å². The van der Waals surface area contributed by atoms with Gasteiger partial charge in [0.25, 0.3) is 11.8 Å². The lowest BCUT2D eigenvalue weighted by molar-refractivity contribution is -0.137. The molecular weight excluding hydrogens is 525 g/mol. The molecule has 1 saturated heterocycles. The number of anilines is 1. The summed E-state index contributed by atoms with van der Waals surface area (Å²) >= 11 is 0. The Hall–Kier alpha value is -4.08. The van der Waals surface area contributed by atoms with Gasteiger partial charge in [0.1, 0.15) is 5.60 Å². The number of fused-ring (bicyclic) bond motifs is 3. The highest BCUT2D eigenvalue weighted by Gasteiger charge is 2.53. The third-order valence-electron chi connectivity index (χ3n) is 7.44. The maximum absolute atomic E-state index is 13.6. The van der Waals surface area contributed by atoms with E-state index < -0.39 is 53.4 Å². The Labute approximate surface area is 229 Å². The number of nitrogens with zero attached hydrogens (tertiary/aromatic N) is 2. The van der Waals surface area contributed by atoms with Crippen LogP contribution in [0.1, 0.15) is 57.4 Å². The Kier molecular flexibility index (Phi) is 6.55. The Morgan fingerprint density at radius 2 is 1.70 bits per heavy atom. The SMILES string of the molecule is CC1=C(C)C(O/C=C2/C(=O)N(C(=O)OC(C)(C)C)C3c4ccccc4CC23)N(c2cccc(C(F)(F)F)c2)C1=O. The Morgan fingerprint density at radius 3 is 2.38 bits per heavy atom. The summed E-state index contributed by atoms with van der Waals surface area (Å²) in [5.41, 5.74) is 1.16. The van der Waals surface area contributed by atoms with Crippen LogP contribution in [0, 0.1) is 5.92 Å². The molecule has 5 rings (SSSR count). The number of ether oxygens (including phenoxy) is 2. The molecule has 210 valence electrons. The first-order chi connectivity index (χ1) is 18.7. The highest BCUT2D eigenvalue weighted by molar-refractivity contribution is 6.09. The van der Waals surface area contributed by atoms with Gasteiger partial charge in [-0.2, -0.15) is 13.2 Å². The molecule has 0 spiro atoms. The van der Waals surface area contributed by atoms with E-state index in [1.54, 1.807) is 34.6 Å². The van der Waals surface area contributed by atoms with Crippen molar-refractivity contribution in [3.63, 3.8) is 0 Å². The molecule has 3 atom stereocenters. The fraction of sp³-hybridized carbons (Fsp3) is 0.367. The van der Waals surface area contributed by atoms with E-state index in [4.69, 9.17) is 9.47 Å². The fourth-order valence-electron chi connectivity index (χ4n) is 5.46. The second kappa shape index (κ2) is 9.53. The molecule has 3 amide bonds. The van der Waals surface area contributed by atoms with E-state index in [0.29, 0.717) is 17.6 Å². The first kappa shape index (κ1) is 27.5. The molecule has 0 radical (unpaired) electrons. The molecule has 0 bridgehead atoms. The Morgan fingerprint density at radius 1 is 1.00 bits per heavy atom. The van der Waals surface area contributed by atoms with Gasteiger partial charge in [-0.1, -0.05) is 30.3 Å². The van der Waals surface area contributed by atoms with Gasteiger partial charge in [-0.25, -0.2) is 9.69 Å². The van der Waals surface area contributed by atoms with Crippen molar-refractivity contribution < 1.29 is 37.0 Å². The first-order valence-corrected chi connectivity index (χ1v) is 12.9. The number of rotatable bonds is 3. The van der Waals surface area contributed by atoms with Crippen molar-refractivity contribution in [2.75, 3.05) is 4.90 Å². The van der Waals surface area contributed by atoms with Gasteiger partial charge in [0, 0.05) is 17.2 Å². The van der Waals surface area contributed by atoms with E-state index in [9.17, 15) is 27.6 Å².